The molecule has 15 heavy (non-hydrogen) atoms. The molecule has 0 spiro atoms. The first-order chi connectivity index (χ1) is 7.40. The van der Waals surface area contributed by atoms with Crippen molar-refractivity contribution in [2.75, 3.05) is 13.1 Å². The first-order valence-corrected chi connectivity index (χ1v) is 6.01. The average Bonchev–Trinajstić information content (AvgIpc) is 2.76. The fourth-order valence-electron chi connectivity index (χ4n) is 3.20. The Morgan fingerprint density at radius 3 is 3.13 bits per heavy atom. The van der Waals surface area contributed by atoms with E-state index >= 15 is 0 Å². The van der Waals surface area contributed by atoms with Gasteiger partial charge in [0.15, 0.2) is 0 Å². The van der Waals surface area contributed by atoms with Crippen molar-refractivity contribution >= 4 is 0 Å². The summed E-state index contributed by atoms with van der Waals surface area (Å²) in [6.45, 7) is 3.13. The van der Waals surface area contributed by atoms with Crippen LogP contribution in [0.4, 0.5) is 0 Å². The zero-order chi connectivity index (χ0) is 10.3. The second-order valence-corrected chi connectivity index (χ2v) is 4.70. The van der Waals surface area contributed by atoms with E-state index in [0.717, 1.165) is 13.1 Å². The van der Waals surface area contributed by atoms with Crippen molar-refractivity contribution in [3.63, 3.8) is 0 Å². The van der Waals surface area contributed by atoms with Gasteiger partial charge in [0.25, 0.3) is 0 Å². The molecule has 1 fully saturated rings. The maximum absolute atomic E-state index is 5.86. The molecule has 0 unspecified atom stereocenters. The van der Waals surface area contributed by atoms with Crippen LogP contribution >= 0.6 is 0 Å². The molecule has 2 aliphatic rings. The van der Waals surface area contributed by atoms with Gasteiger partial charge in [-0.3, -0.25) is 4.90 Å². The van der Waals surface area contributed by atoms with E-state index in [1.807, 2.05) is 0 Å². The van der Waals surface area contributed by atoms with Crippen LogP contribution in [-0.4, -0.2) is 28.6 Å². The van der Waals surface area contributed by atoms with E-state index in [2.05, 4.69) is 27.8 Å². The molecule has 0 bridgehead atoms. The molecule has 0 aromatic carbocycles. The van der Waals surface area contributed by atoms with Gasteiger partial charge < -0.3 is 10.3 Å². The van der Waals surface area contributed by atoms with Crippen LogP contribution < -0.4 is 5.73 Å². The van der Waals surface area contributed by atoms with Crippen LogP contribution in [-0.2, 0) is 6.54 Å². The van der Waals surface area contributed by atoms with Crippen LogP contribution in [0.3, 0.4) is 0 Å². The van der Waals surface area contributed by atoms with E-state index in [1.165, 1.54) is 31.5 Å². The molecule has 1 saturated heterocycles. The summed E-state index contributed by atoms with van der Waals surface area (Å²) in [5.41, 5.74) is 7.36. The molecule has 82 valence electrons. The predicted molar refractivity (Wildman–Crippen MR) is 60.6 cm³/mol. The normalized spacial score (nSPS) is 31.0. The van der Waals surface area contributed by atoms with Crippen LogP contribution in [0.15, 0.2) is 18.3 Å². The molecule has 1 aromatic rings. The molecule has 2 aliphatic heterocycles. The Labute approximate surface area is 90.9 Å². The molecule has 3 rings (SSSR count). The van der Waals surface area contributed by atoms with Crippen molar-refractivity contribution in [3.8, 4) is 0 Å². The summed E-state index contributed by atoms with van der Waals surface area (Å²) in [5.74, 6) is 0. The Morgan fingerprint density at radius 1 is 1.33 bits per heavy atom. The van der Waals surface area contributed by atoms with Crippen molar-refractivity contribution in [2.45, 2.75) is 37.9 Å². The molecular formula is C12H19N3. The fraction of sp³-hybridized carbons (Fsp3) is 0.667. The van der Waals surface area contributed by atoms with Crippen LogP contribution in [0.2, 0.25) is 0 Å². The Kier molecular flexibility index (Phi) is 2.29. The van der Waals surface area contributed by atoms with Gasteiger partial charge in [-0.15, -0.1) is 0 Å². The number of hydrogen-bond acceptors (Lipinski definition) is 2. The van der Waals surface area contributed by atoms with E-state index in [4.69, 9.17) is 5.73 Å². The zero-order valence-electron chi connectivity index (χ0n) is 9.10. The number of piperidine rings is 1. The molecule has 0 aliphatic carbocycles. The molecule has 3 heteroatoms. The van der Waals surface area contributed by atoms with Gasteiger partial charge in [-0.05, 0) is 31.4 Å². The zero-order valence-corrected chi connectivity index (χ0v) is 9.10. The summed E-state index contributed by atoms with van der Waals surface area (Å²) in [4.78, 5) is 2.62. The second kappa shape index (κ2) is 3.65. The molecular weight excluding hydrogens is 186 g/mol. The molecule has 0 amide bonds. The van der Waals surface area contributed by atoms with E-state index in [0.29, 0.717) is 12.1 Å². The topological polar surface area (TPSA) is 34.2 Å². The van der Waals surface area contributed by atoms with Crippen molar-refractivity contribution < 1.29 is 0 Å². The van der Waals surface area contributed by atoms with Gasteiger partial charge in [0.05, 0.1) is 6.04 Å². The molecule has 0 radical (unpaired) electrons. The molecule has 1 aromatic heterocycles. The molecule has 2 atom stereocenters. The van der Waals surface area contributed by atoms with Crippen LogP contribution in [0.1, 0.15) is 31.0 Å². The largest absolute Gasteiger partial charge is 0.349 e. The predicted octanol–water partition coefficient (Wildman–Crippen LogP) is 1.36. The highest BCUT2D eigenvalue weighted by Crippen LogP contribution is 2.36. The standard InChI is InChI=1S/C12H19N3/c13-9-10-3-1-4-12-11-5-2-6-14(11)7-8-15(10)12/h2,5-6,10,12H,1,3-4,7-9,13H2/t10-,12-/m1/s1. The Bertz CT molecular complexity index is 344. The number of nitrogens with zero attached hydrogens (tertiary/aromatic N) is 2. The lowest BCUT2D eigenvalue weighted by Crippen LogP contribution is -2.49. The van der Waals surface area contributed by atoms with Crippen molar-refractivity contribution in [1.29, 1.82) is 0 Å². The summed E-state index contributed by atoms with van der Waals surface area (Å²) in [6.07, 6.45) is 6.13. The van der Waals surface area contributed by atoms with Crippen molar-refractivity contribution in [1.82, 2.24) is 9.47 Å². The molecule has 3 nitrogen and oxygen atoms in total. The Balaban J connectivity index is 1.92. The lowest BCUT2D eigenvalue weighted by atomic mass is 9.92. The van der Waals surface area contributed by atoms with Gasteiger partial charge in [-0.25, -0.2) is 0 Å². The Hall–Kier alpha value is -0.800. The minimum Gasteiger partial charge on any atom is -0.349 e. The summed E-state index contributed by atoms with van der Waals surface area (Å²) >= 11 is 0. The van der Waals surface area contributed by atoms with Crippen LogP contribution in [0.25, 0.3) is 0 Å². The Morgan fingerprint density at radius 2 is 2.27 bits per heavy atom. The quantitative estimate of drug-likeness (QED) is 0.751. The monoisotopic (exact) mass is 205 g/mol. The van der Waals surface area contributed by atoms with Gasteiger partial charge in [-0.2, -0.15) is 0 Å². The fourth-order valence-corrected chi connectivity index (χ4v) is 3.20. The number of nitrogens with two attached hydrogens (primary N) is 1. The molecule has 0 saturated carbocycles. The number of fused-ring (bicyclic) bond motifs is 3. The summed E-state index contributed by atoms with van der Waals surface area (Å²) < 4.78 is 2.40. The van der Waals surface area contributed by atoms with E-state index in [1.54, 1.807) is 0 Å². The SMILES string of the molecule is NC[C@H]1CCC[C@@H]2c3cccn3CCN12. The maximum atomic E-state index is 5.86. The van der Waals surface area contributed by atoms with Gasteiger partial charge in [0, 0.05) is 37.6 Å². The van der Waals surface area contributed by atoms with Crippen molar-refractivity contribution in [2.24, 2.45) is 5.73 Å². The first kappa shape index (κ1) is 9.43. The highest BCUT2D eigenvalue weighted by Gasteiger charge is 2.34. The minimum absolute atomic E-state index is 0.618. The molecule has 3 heterocycles. The third-order valence-corrected chi connectivity index (χ3v) is 3.96. The molecule has 2 N–H and O–H groups in total. The number of hydrogen-bond donors (Lipinski definition) is 1. The van der Waals surface area contributed by atoms with Crippen LogP contribution in [0, 0.1) is 0 Å². The first-order valence-electron chi connectivity index (χ1n) is 6.01. The summed E-state index contributed by atoms with van der Waals surface area (Å²) in [6, 6.07) is 5.70. The van der Waals surface area contributed by atoms with E-state index in [9.17, 15) is 0 Å². The van der Waals surface area contributed by atoms with Gasteiger partial charge in [0.2, 0.25) is 0 Å². The second-order valence-electron chi connectivity index (χ2n) is 4.70. The lowest BCUT2D eigenvalue weighted by molar-refractivity contribution is 0.0610. The van der Waals surface area contributed by atoms with Crippen molar-refractivity contribution in [3.05, 3.63) is 24.0 Å². The number of rotatable bonds is 1. The smallest absolute Gasteiger partial charge is 0.0504 e. The number of aromatic nitrogens is 1. The summed E-state index contributed by atoms with van der Waals surface area (Å²) in [5, 5.41) is 0. The average molecular weight is 205 g/mol. The van der Waals surface area contributed by atoms with E-state index < -0.39 is 0 Å². The highest BCUT2D eigenvalue weighted by atomic mass is 15.3. The minimum atomic E-state index is 0.618. The highest BCUT2D eigenvalue weighted by molar-refractivity contribution is 5.16. The maximum Gasteiger partial charge on any atom is 0.0504 e. The lowest BCUT2D eigenvalue weighted by Gasteiger charge is -2.45. The van der Waals surface area contributed by atoms with Gasteiger partial charge >= 0.3 is 0 Å². The van der Waals surface area contributed by atoms with Gasteiger partial charge in [0.1, 0.15) is 0 Å². The van der Waals surface area contributed by atoms with Crippen LogP contribution in [0.5, 0.6) is 0 Å². The third-order valence-electron chi connectivity index (χ3n) is 3.96. The van der Waals surface area contributed by atoms with E-state index in [-0.39, 0.29) is 0 Å². The van der Waals surface area contributed by atoms with Gasteiger partial charge in [-0.1, -0.05) is 0 Å². The summed E-state index contributed by atoms with van der Waals surface area (Å²) in [7, 11) is 0. The third kappa shape index (κ3) is 1.42.